The molecule has 1 heterocycles. The average Bonchev–Trinajstić information content (AvgIpc) is 2.80. The van der Waals surface area contributed by atoms with Gasteiger partial charge in [-0.05, 0) is 23.8 Å². The zero-order valence-electron chi connectivity index (χ0n) is 9.90. The van der Waals surface area contributed by atoms with Crippen LogP contribution in [0.2, 0.25) is 0 Å². The van der Waals surface area contributed by atoms with E-state index in [0.29, 0.717) is 12.2 Å². The largest absolute Gasteiger partial charge is 0.488 e. The Morgan fingerprint density at radius 3 is 2.72 bits per heavy atom. The number of nitrogens with one attached hydrogen (secondary N) is 1. The topological polar surface area (TPSA) is 21.3 Å². The van der Waals surface area contributed by atoms with Gasteiger partial charge in [0.2, 0.25) is 0 Å². The van der Waals surface area contributed by atoms with Crippen molar-refractivity contribution in [1.29, 1.82) is 0 Å². The molecule has 0 aromatic heterocycles. The lowest BCUT2D eigenvalue weighted by atomic mass is 10.1. The van der Waals surface area contributed by atoms with Crippen molar-refractivity contribution in [2.45, 2.75) is 12.5 Å². The molecular weight excluding hydrogens is 229 g/mol. The van der Waals surface area contributed by atoms with Gasteiger partial charge in [0.05, 0.1) is 12.2 Å². The summed E-state index contributed by atoms with van der Waals surface area (Å²) in [7, 11) is 0. The van der Waals surface area contributed by atoms with Gasteiger partial charge < -0.3 is 10.1 Å². The Morgan fingerprint density at radius 1 is 1.11 bits per heavy atom. The summed E-state index contributed by atoms with van der Waals surface area (Å²) in [5.41, 5.74) is 1.75. The van der Waals surface area contributed by atoms with Crippen LogP contribution in [0, 0.1) is 5.82 Å². The highest BCUT2D eigenvalue weighted by Gasteiger charge is 2.21. The molecule has 1 aliphatic heterocycles. The lowest BCUT2D eigenvalue weighted by Gasteiger charge is -2.13. The lowest BCUT2D eigenvalue weighted by molar-refractivity contribution is 0.246. The molecule has 0 spiro atoms. The number of halogens is 1. The van der Waals surface area contributed by atoms with Crippen LogP contribution >= 0.6 is 0 Å². The van der Waals surface area contributed by atoms with Gasteiger partial charge in [0, 0.05) is 6.42 Å². The van der Waals surface area contributed by atoms with Crippen molar-refractivity contribution in [3.63, 3.8) is 0 Å². The minimum absolute atomic E-state index is 0.0713. The molecule has 0 saturated heterocycles. The summed E-state index contributed by atoms with van der Waals surface area (Å²) in [6.45, 7) is 0.607. The Balaban J connectivity index is 1.62. The molecule has 0 fully saturated rings. The predicted octanol–water partition coefficient (Wildman–Crippen LogP) is 3.24. The molecule has 92 valence electrons. The maximum absolute atomic E-state index is 13.4. The van der Waals surface area contributed by atoms with E-state index in [9.17, 15) is 4.39 Å². The number of rotatable bonds is 3. The minimum atomic E-state index is -0.229. The third-order valence-electron chi connectivity index (χ3n) is 3.11. The van der Waals surface area contributed by atoms with Crippen LogP contribution < -0.4 is 10.1 Å². The van der Waals surface area contributed by atoms with Crippen molar-refractivity contribution >= 4 is 5.69 Å². The molecule has 1 unspecified atom stereocenters. The van der Waals surface area contributed by atoms with E-state index in [1.807, 2.05) is 24.3 Å². The first kappa shape index (κ1) is 11.1. The second-order valence-electron chi connectivity index (χ2n) is 4.41. The lowest BCUT2D eigenvalue weighted by Crippen LogP contribution is -2.24. The molecule has 1 atom stereocenters. The molecule has 0 amide bonds. The highest BCUT2D eigenvalue weighted by Crippen LogP contribution is 2.28. The highest BCUT2D eigenvalue weighted by atomic mass is 19.1. The van der Waals surface area contributed by atoms with Crippen molar-refractivity contribution in [1.82, 2.24) is 0 Å². The summed E-state index contributed by atoms with van der Waals surface area (Å²) < 4.78 is 19.2. The van der Waals surface area contributed by atoms with Crippen LogP contribution in [0.3, 0.4) is 0 Å². The smallest absolute Gasteiger partial charge is 0.146 e. The summed E-state index contributed by atoms with van der Waals surface area (Å²) in [5, 5.41) is 3.09. The van der Waals surface area contributed by atoms with Gasteiger partial charge in [-0.15, -0.1) is 0 Å². The number of anilines is 1. The van der Waals surface area contributed by atoms with Gasteiger partial charge >= 0.3 is 0 Å². The normalized spacial score (nSPS) is 17.1. The van der Waals surface area contributed by atoms with Crippen molar-refractivity contribution in [3.8, 4) is 5.75 Å². The van der Waals surface area contributed by atoms with Crippen LogP contribution in [0.1, 0.15) is 5.56 Å². The number of fused-ring (bicyclic) bond motifs is 1. The monoisotopic (exact) mass is 243 g/mol. The minimum Gasteiger partial charge on any atom is -0.488 e. The molecule has 2 aromatic carbocycles. The summed E-state index contributed by atoms with van der Waals surface area (Å²) in [4.78, 5) is 0. The fraction of sp³-hybridized carbons (Fsp3) is 0.200. The number of para-hydroxylation sites is 2. The zero-order valence-corrected chi connectivity index (χ0v) is 9.90. The number of hydrogen-bond acceptors (Lipinski definition) is 2. The first-order valence-corrected chi connectivity index (χ1v) is 6.06. The van der Waals surface area contributed by atoms with Gasteiger partial charge in [-0.2, -0.15) is 0 Å². The maximum Gasteiger partial charge on any atom is 0.146 e. The van der Waals surface area contributed by atoms with Gasteiger partial charge in [0.25, 0.3) is 0 Å². The van der Waals surface area contributed by atoms with Crippen molar-refractivity contribution in [2.24, 2.45) is 0 Å². The Kier molecular flexibility index (Phi) is 2.89. The third kappa shape index (κ3) is 2.16. The van der Waals surface area contributed by atoms with Crippen LogP contribution in [0.5, 0.6) is 5.75 Å². The molecule has 1 N–H and O–H groups in total. The second kappa shape index (κ2) is 4.69. The van der Waals surface area contributed by atoms with Crippen LogP contribution in [-0.2, 0) is 6.42 Å². The van der Waals surface area contributed by atoms with E-state index in [2.05, 4.69) is 11.4 Å². The molecule has 0 bridgehead atoms. The summed E-state index contributed by atoms with van der Waals surface area (Å²) in [6, 6.07) is 14.7. The van der Waals surface area contributed by atoms with Crippen molar-refractivity contribution in [2.75, 3.05) is 11.9 Å². The Morgan fingerprint density at radius 2 is 1.89 bits per heavy atom. The van der Waals surface area contributed by atoms with E-state index in [1.165, 1.54) is 11.6 Å². The van der Waals surface area contributed by atoms with Gasteiger partial charge in [-0.3, -0.25) is 0 Å². The summed E-state index contributed by atoms with van der Waals surface area (Å²) in [6.07, 6.45) is 0.944. The maximum atomic E-state index is 13.4. The molecule has 3 rings (SSSR count). The standard InChI is InChI=1S/C15H14FNO/c16-13-6-2-3-7-14(13)17-10-12-9-11-5-1-4-8-15(11)18-12/h1-8,12,17H,9-10H2. The van der Waals surface area contributed by atoms with E-state index in [0.717, 1.165) is 12.2 Å². The molecular formula is C15H14FNO. The SMILES string of the molecule is Fc1ccccc1NCC1Cc2ccccc2O1. The highest BCUT2D eigenvalue weighted by molar-refractivity contribution is 5.45. The van der Waals surface area contributed by atoms with Gasteiger partial charge in [-0.25, -0.2) is 4.39 Å². The molecule has 0 saturated carbocycles. The third-order valence-corrected chi connectivity index (χ3v) is 3.11. The molecule has 2 aromatic rings. The van der Waals surface area contributed by atoms with Crippen molar-refractivity contribution in [3.05, 3.63) is 59.9 Å². The van der Waals surface area contributed by atoms with Crippen molar-refractivity contribution < 1.29 is 9.13 Å². The zero-order chi connectivity index (χ0) is 12.4. The van der Waals surface area contributed by atoms with Gasteiger partial charge in [0.1, 0.15) is 17.7 Å². The molecule has 0 radical (unpaired) electrons. The first-order chi connectivity index (χ1) is 8.83. The fourth-order valence-electron chi connectivity index (χ4n) is 2.20. The van der Waals surface area contributed by atoms with Crippen LogP contribution in [0.4, 0.5) is 10.1 Å². The number of benzene rings is 2. The quantitative estimate of drug-likeness (QED) is 0.893. The molecule has 0 aliphatic carbocycles. The van der Waals surface area contributed by atoms with E-state index in [4.69, 9.17) is 4.74 Å². The molecule has 18 heavy (non-hydrogen) atoms. The summed E-state index contributed by atoms with van der Waals surface area (Å²) in [5.74, 6) is 0.714. The van der Waals surface area contributed by atoms with E-state index in [1.54, 1.807) is 12.1 Å². The van der Waals surface area contributed by atoms with Gasteiger partial charge in [-0.1, -0.05) is 30.3 Å². The van der Waals surface area contributed by atoms with Crippen LogP contribution in [-0.4, -0.2) is 12.6 Å². The van der Waals surface area contributed by atoms with Gasteiger partial charge in [0.15, 0.2) is 0 Å². The molecule has 2 nitrogen and oxygen atoms in total. The summed E-state index contributed by atoms with van der Waals surface area (Å²) >= 11 is 0. The Labute approximate surface area is 105 Å². The Hall–Kier alpha value is -2.03. The number of hydrogen-bond donors (Lipinski definition) is 1. The fourth-order valence-corrected chi connectivity index (χ4v) is 2.20. The first-order valence-electron chi connectivity index (χ1n) is 6.06. The number of ether oxygens (including phenoxy) is 1. The van der Waals surface area contributed by atoms with Crippen LogP contribution in [0.25, 0.3) is 0 Å². The molecule has 1 aliphatic rings. The average molecular weight is 243 g/mol. The van der Waals surface area contributed by atoms with E-state index in [-0.39, 0.29) is 11.9 Å². The van der Waals surface area contributed by atoms with Crippen LogP contribution in [0.15, 0.2) is 48.5 Å². The van der Waals surface area contributed by atoms with E-state index < -0.39 is 0 Å². The second-order valence-corrected chi connectivity index (χ2v) is 4.41. The van der Waals surface area contributed by atoms with E-state index >= 15 is 0 Å². The predicted molar refractivity (Wildman–Crippen MR) is 69.5 cm³/mol. The Bertz CT molecular complexity index is 531. The molecule has 3 heteroatoms.